The van der Waals surface area contributed by atoms with E-state index in [0.717, 1.165) is 33.8 Å². The van der Waals surface area contributed by atoms with E-state index in [9.17, 15) is 8.78 Å². The SMILES string of the molecule is Cc1ccc(COc2ccc(-c3cnc(C4CC(F)(F)C4)[nH]3)cc2C)cn1. The molecule has 3 aromatic rings. The minimum atomic E-state index is -2.54. The molecule has 1 fully saturated rings. The van der Waals surface area contributed by atoms with E-state index in [1.165, 1.54) is 0 Å². The van der Waals surface area contributed by atoms with Crippen LogP contribution in [0.15, 0.2) is 42.7 Å². The van der Waals surface area contributed by atoms with Gasteiger partial charge in [0.05, 0.1) is 11.9 Å². The van der Waals surface area contributed by atoms with E-state index in [4.69, 9.17) is 4.74 Å². The van der Waals surface area contributed by atoms with E-state index < -0.39 is 5.92 Å². The van der Waals surface area contributed by atoms with Crippen molar-refractivity contribution in [2.45, 2.75) is 45.1 Å². The van der Waals surface area contributed by atoms with Crippen LogP contribution in [0.25, 0.3) is 11.3 Å². The summed E-state index contributed by atoms with van der Waals surface area (Å²) in [5.41, 5.74) is 4.78. The van der Waals surface area contributed by atoms with Gasteiger partial charge in [-0.3, -0.25) is 4.98 Å². The summed E-state index contributed by atoms with van der Waals surface area (Å²) < 4.78 is 32.0. The summed E-state index contributed by atoms with van der Waals surface area (Å²) in [4.78, 5) is 11.7. The van der Waals surface area contributed by atoms with Gasteiger partial charge in [-0.1, -0.05) is 6.07 Å². The second-order valence-electron chi connectivity index (χ2n) is 7.22. The highest BCUT2D eigenvalue weighted by molar-refractivity contribution is 5.61. The average molecular weight is 369 g/mol. The first kappa shape index (κ1) is 17.6. The smallest absolute Gasteiger partial charge is 0.249 e. The molecule has 27 heavy (non-hydrogen) atoms. The average Bonchev–Trinajstić information content (AvgIpc) is 3.10. The van der Waals surface area contributed by atoms with Gasteiger partial charge < -0.3 is 9.72 Å². The molecule has 0 radical (unpaired) electrons. The first-order valence-corrected chi connectivity index (χ1v) is 8.98. The number of benzene rings is 1. The number of nitrogens with zero attached hydrogens (tertiary/aromatic N) is 2. The lowest BCUT2D eigenvalue weighted by atomic mass is 9.81. The van der Waals surface area contributed by atoms with Crippen molar-refractivity contribution in [1.82, 2.24) is 15.0 Å². The van der Waals surface area contributed by atoms with E-state index in [1.54, 1.807) is 6.20 Å². The maximum atomic E-state index is 13.1. The molecule has 0 aliphatic heterocycles. The zero-order valence-corrected chi connectivity index (χ0v) is 15.3. The van der Waals surface area contributed by atoms with Crippen LogP contribution in [0.2, 0.25) is 0 Å². The number of aryl methyl sites for hydroxylation is 2. The molecule has 1 aromatic carbocycles. The summed E-state index contributed by atoms with van der Waals surface area (Å²) in [6.45, 7) is 4.39. The molecule has 6 heteroatoms. The summed E-state index contributed by atoms with van der Waals surface area (Å²) in [5.74, 6) is -1.28. The molecule has 0 saturated heterocycles. The van der Waals surface area contributed by atoms with Gasteiger partial charge in [0.1, 0.15) is 18.2 Å². The fourth-order valence-electron chi connectivity index (χ4n) is 3.27. The number of rotatable bonds is 5. The van der Waals surface area contributed by atoms with E-state index in [2.05, 4.69) is 15.0 Å². The van der Waals surface area contributed by atoms with Gasteiger partial charge in [0, 0.05) is 41.8 Å². The third-order valence-electron chi connectivity index (χ3n) is 4.93. The number of halogens is 2. The lowest BCUT2D eigenvalue weighted by Crippen LogP contribution is -2.34. The number of imidazole rings is 1. The Morgan fingerprint density at radius 2 is 1.93 bits per heavy atom. The molecule has 0 bridgehead atoms. The van der Waals surface area contributed by atoms with Gasteiger partial charge in [-0.2, -0.15) is 0 Å². The minimum Gasteiger partial charge on any atom is -0.489 e. The Morgan fingerprint density at radius 1 is 1.11 bits per heavy atom. The Hall–Kier alpha value is -2.76. The molecule has 0 unspecified atom stereocenters. The standard InChI is InChI=1S/C21H21F2N3O/c1-13-7-16(18-11-25-20(26-18)17-8-21(22,23)9-17)5-6-19(13)27-12-15-4-3-14(2)24-10-15/h3-7,10-11,17H,8-9,12H2,1-2H3,(H,25,26). The number of aromatic amines is 1. The molecule has 2 heterocycles. The predicted octanol–water partition coefficient (Wildman–Crippen LogP) is 5.18. The second kappa shape index (κ2) is 6.76. The van der Waals surface area contributed by atoms with Gasteiger partial charge in [0.25, 0.3) is 0 Å². The topological polar surface area (TPSA) is 50.8 Å². The molecule has 140 valence electrons. The Morgan fingerprint density at radius 3 is 2.59 bits per heavy atom. The summed E-state index contributed by atoms with van der Waals surface area (Å²) in [6, 6.07) is 9.84. The zero-order valence-electron chi connectivity index (χ0n) is 15.3. The van der Waals surface area contributed by atoms with Crippen molar-refractivity contribution < 1.29 is 13.5 Å². The van der Waals surface area contributed by atoms with Crippen LogP contribution < -0.4 is 4.74 Å². The molecule has 1 saturated carbocycles. The van der Waals surface area contributed by atoms with Crippen molar-refractivity contribution in [3.05, 3.63) is 65.4 Å². The van der Waals surface area contributed by atoms with Gasteiger partial charge in [-0.05, 0) is 43.7 Å². The van der Waals surface area contributed by atoms with E-state index in [-0.39, 0.29) is 18.8 Å². The largest absolute Gasteiger partial charge is 0.489 e. The van der Waals surface area contributed by atoms with Crippen molar-refractivity contribution in [3.63, 3.8) is 0 Å². The second-order valence-corrected chi connectivity index (χ2v) is 7.22. The lowest BCUT2D eigenvalue weighted by Gasteiger charge is -2.33. The highest BCUT2D eigenvalue weighted by atomic mass is 19.3. The van der Waals surface area contributed by atoms with Crippen LogP contribution in [-0.2, 0) is 6.61 Å². The Balaban J connectivity index is 1.44. The Bertz CT molecular complexity index is 942. The number of pyridine rings is 1. The predicted molar refractivity (Wildman–Crippen MR) is 99.0 cm³/mol. The molecule has 1 aliphatic carbocycles. The van der Waals surface area contributed by atoms with Gasteiger partial charge in [0.2, 0.25) is 5.92 Å². The number of H-pyrrole nitrogens is 1. The van der Waals surface area contributed by atoms with Crippen LogP contribution in [0, 0.1) is 13.8 Å². The van der Waals surface area contributed by atoms with Gasteiger partial charge in [-0.15, -0.1) is 0 Å². The summed E-state index contributed by atoms with van der Waals surface area (Å²) in [5, 5.41) is 0. The quantitative estimate of drug-likeness (QED) is 0.674. The normalized spacial score (nSPS) is 16.1. The van der Waals surface area contributed by atoms with E-state index >= 15 is 0 Å². The van der Waals surface area contributed by atoms with Crippen LogP contribution >= 0.6 is 0 Å². The Kier molecular flexibility index (Phi) is 4.42. The van der Waals surface area contributed by atoms with Crippen molar-refractivity contribution in [2.75, 3.05) is 0 Å². The van der Waals surface area contributed by atoms with Gasteiger partial charge in [0.15, 0.2) is 0 Å². The number of ether oxygens (including phenoxy) is 1. The number of alkyl halides is 2. The van der Waals surface area contributed by atoms with Crippen molar-refractivity contribution >= 4 is 0 Å². The number of aromatic nitrogens is 3. The number of hydrogen-bond acceptors (Lipinski definition) is 3. The zero-order chi connectivity index (χ0) is 19.0. The van der Waals surface area contributed by atoms with Crippen molar-refractivity contribution in [3.8, 4) is 17.0 Å². The lowest BCUT2D eigenvalue weighted by molar-refractivity contribution is -0.0883. The monoisotopic (exact) mass is 369 g/mol. The number of nitrogens with one attached hydrogen (secondary N) is 1. The molecule has 0 spiro atoms. The maximum Gasteiger partial charge on any atom is 0.249 e. The molecular formula is C21H21F2N3O. The molecule has 4 rings (SSSR count). The molecule has 2 aromatic heterocycles. The third kappa shape index (κ3) is 3.84. The Labute approximate surface area is 156 Å². The highest BCUT2D eigenvalue weighted by Crippen LogP contribution is 2.47. The molecule has 0 atom stereocenters. The molecular weight excluding hydrogens is 348 g/mol. The van der Waals surface area contributed by atoms with Crippen molar-refractivity contribution in [2.24, 2.45) is 0 Å². The highest BCUT2D eigenvalue weighted by Gasteiger charge is 2.47. The fourth-order valence-corrected chi connectivity index (χ4v) is 3.27. The molecule has 0 amide bonds. The van der Waals surface area contributed by atoms with Gasteiger partial charge >= 0.3 is 0 Å². The van der Waals surface area contributed by atoms with E-state index in [0.29, 0.717) is 12.4 Å². The van der Waals surface area contributed by atoms with Crippen LogP contribution in [0.5, 0.6) is 5.75 Å². The first-order chi connectivity index (χ1) is 12.9. The third-order valence-corrected chi connectivity index (χ3v) is 4.93. The minimum absolute atomic E-state index is 0.125. The fraction of sp³-hybridized carbons (Fsp3) is 0.333. The molecule has 4 nitrogen and oxygen atoms in total. The first-order valence-electron chi connectivity index (χ1n) is 8.98. The van der Waals surface area contributed by atoms with Crippen LogP contribution in [0.1, 0.15) is 41.4 Å². The summed E-state index contributed by atoms with van der Waals surface area (Å²) in [6.07, 6.45) is 3.27. The molecule has 1 aliphatic rings. The van der Waals surface area contributed by atoms with Crippen LogP contribution in [0.4, 0.5) is 8.78 Å². The van der Waals surface area contributed by atoms with Gasteiger partial charge in [-0.25, -0.2) is 13.8 Å². The van der Waals surface area contributed by atoms with Crippen LogP contribution in [-0.4, -0.2) is 20.9 Å². The van der Waals surface area contributed by atoms with Crippen molar-refractivity contribution in [1.29, 1.82) is 0 Å². The van der Waals surface area contributed by atoms with Crippen LogP contribution in [0.3, 0.4) is 0 Å². The molecule has 1 N–H and O–H groups in total. The number of hydrogen-bond donors (Lipinski definition) is 1. The maximum absolute atomic E-state index is 13.1. The van der Waals surface area contributed by atoms with E-state index in [1.807, 2.05) is 50.4 Å². The summed E-state index contributed by atoms with van der Waals surface area (Å²) >= 11 is 0. The summed E-state index contributed by atoms with van der Waals surface area (Å²) in [7, 11) is 0.